The molecular formula is C25H26O13. The lowest BCUT2D eigenvalue weighted by atomic mass is 9.79. The second-order valence-electron chi connectivity index (χ2n) is 8.47. The number of ether oxygens (including phenoxy) is 4. The molecule has 0 bridgehead atoms. The molecule has 13 nitrogen and oxygen atoms in total. The number of rotatable bonds is 8. The Balaban J connectivity index is 1.85. The van der Waals surface area contributed by atoms with Gasteiger partial charge in [-0.15, -0.1) is 0 Å². The number of benzene rings is 2. The number of hydrogen-bond donors (Lipinski definition) is 6. The van der Waals surface area contributed by atoms with Gasteiger partial charge >= 0.3 is 17.9 Å². The number of esters is 2. The second kappa shape index (κ2) is 11.3. The number of hydrogen-bond acceptors (Lipinski definition) is 12. The average Bonchev–Trinajstić information content (AvgIpc) is 2.86. The molecule has 0 saturated heterocycles. The molecule has 1 aliphatic rings. The van der Waals surface area contributed by atoms with Crippen molar-refractivity contribution in [1.29, 1.82) is 0 Å². The van der Waals surface area contributed by atoms with Crippen molar-refractivity contribution >= 4 is 24.0 Å². The van der Waals surface area contributed by atoms with Gasteiger partial charge in [0.2, 0.25) is 5.75 Å². The third-order valence-electron chi connectivity index (χ3n) is 5.87. The lowest BCUT2D eigenvalue weighted by Crippen LogP contribution is -2.58. The maximum Gasteiger partial charge on any atom is 0.338 e. The molecule has 4 atom stereocenters. The van der Waals surface area contributed by atoms with Crippen molar-refractivity contribution < 1.29 is 64.0 Å². The first-order chi connectivity index (χ1) is 17.9. The third kappa shape index (κ3) is 6.07. The zero-order chi connectivity index (χ0) is 28.2. The van der Waals surface area contributed by atoms with E-state index in [1.54, 1.807) is 0 Å². The van der Waals surface area contributed by atoms with E-state index in [4.69, 9.17) is 18.9 Å². The minimum atomic E-state index is -2.49. The number of carbonyl (C=O) groups is 3. The van der Waals surface area contributed by atoms with Crippen LogP contribution in [0.5, 0.6) is 28.7 Å². The summed E-state index contributed by atoms with van der Waals surface area (Å²) in [5.74, 6) is -5.21. The van der Waals surface area contributed by atoms with Gasteiger partial charge in [-0.25, -0.2) is 14.4 Å². The summed E-state index contributed by atoms with van der Waals surface area (Å²) in [6.07, 6.45) is -4.17. The maximum absolute atomic E-state index is 12.9. The number of carboxylic acid groups (broad SMARTS) is 1. The van der Waals surface area contributed by atoms with E-state index in [1.165, 1.54) is 38.5 Å². The van der Waals surface area contributed by atoms with Gasteiger partial charge in [0, 0.05) is 18.9 Å². The van der Waals surface area contributed by atoms with Crippen molar-refractivity contribution in [3.63, 3.8) is 0 Å². The minimum absolute atomic E-state index is 0.129. The minimum Gasteiger partial charge on any atom is -0.504 e. The van der Waals surface area contributed by atoms with Crippen LogP contribution in [-0.4, -0.2) is 86.7 Å². The highest BCUT2D eigenvalue weighted by molar-refractivity contribution is 5.91. The Morgan fingerprint density at radius 3 is 2.13 bits per heavy atom. The van der Waals surface area contributed by atoms with E-state index in [0.29, 0.717) is 5.56 Å². The van der Waals surface area contributed by atoms with Crippen LogP contribution in [0.25, 0.3) is 6.08 Å². The fraction of sp³-hybridized carbons (Fsp3) is 0.320. The van der Waals surface area contributed by atoms with E-state index in [2.05, 4.69) is 0 Å². The molecule has 0 aliphatic heterocycles. The Labute approximate surface area is 215 Å². The van der Waals surface area contributed by atoms with Crippen LogP contribution in [-0.2, 0) is 19.1 Å². The molecule has 2 aromatic carbocycles. The Morgan fingerprint density at radius 1 is 0.947 bits per heavy atom. The lowest BCUT2D eigenvalue weighted by Gasteiger charge is -2.40. The SMILES string of the molecule is COc1cc(C(=O)OC2CC(O)(C(=O)O)CC(O)C2OC(=O)C=Cc2ccc(O)c(O)c2)cc(OC)c1O. The summed E-state index contributed by atoms with van der Waals surface area (Å²) in [5, 5.41) is 59.5. The third-order valence-corrected chi connectivity index (χ3v) is 5.87. The molecule has 6 N–H and O–H groups in total. The van der Waals surface area contributed by atoms with Crippen LogP contribution in [0.1, 0.15) is 28.8 Å². The monoisotopic (exact) mass is 534 g/mol. The molecule has 0 aromatic heterocycles. The van der Waals surface area contributed by atoms with Crippen molar-refractivity contribution in [3.8, 4) is 28.7 Å². The van der Waals surface area contributed by atoms with Crippen LogP contribution in [0.4, 0.5) is 0 Å². The molecule has 0 amide bonds. The van der Waals surface area contributed by atoms with E-state index >= 15 is 0 Å². The van der Waals surface area contributed by atoms with Crippen LogP contribution in [0, 0.1) is 0 Å². The van der Waals surface area contributed by atoms with E-state index in [-0.39, 0.29) is 28.6 Å². The van der Waals surface area contributed by atoms with Crippen LogP contribution in [0.15, 0.2) is 36.4 Å². The molecule has 1 saturated carbocycles. The molecule has 1 aliphatic carbocycles. The zero-order valence-corrected chi connectivity index (χ0v) is 20.2. The van der Waals surface area contributed by atoms with Crippen molar-refractivity contribution in [3.05, 3.63) is 47.5 Å². The topological polar surface area (TPSA) is 210 Å². The standard InChI is InChI=1S/C25H26O13/c1-35-17-8-13(9-18(36-2)21(17)30)23(31)37-19-11-25(34,24(32)33)10-16(28)22(19)38-20(29)6-4-12-3-5-14(26)15(27)7-12/h3-9,16,19,22,26-28,30,34H,10-11H2,1-2H3,(H,32,33). The second-order valence-corrected chi connectivity index (χ2v) is 8.47. The van der Waals surface area contributed by atoms with Gasteiger partial charge in [-0.3, -0.25) is 0 Å². The summed E-state index contributed by atoms with van der Waals surface area (Å²) in [4.78, 5) is 37.0. The van der Waals surface area contributed by atoms with Gasteiger partial charge in [0.25, 0.3) is 0 Å². The van der Waals surface area contributed by atoms with Crippen molar-refractivity contribution in [2.24, 2.45) is 0 Å². The molecule has 4 unspecified atom stereocenters. The van der Waals surface area contributed by atoms with E-state index in [0.717, 1.165) is 18.2 Å². The molecule has 0 radical (unpaired) electrons. The quantitative estimate of drug-likeness (QED) is 0.158. The van der Waals surface area contributed by atoms with Gasteiger partial charge in [-0.1, -0.05) is 6.07 Å². The normalized spacial score (nSPS) is 23.0. The first-order valence-electron chi connectivity index (χ1n) is 11.1. The number of aliphatic hydroxyl groups is 2. The largest absolute Gasteiger partial charge is 0.504 e. The number of phenols is 3. The van der Waals surface area contributed by atoms with E-state index in [1.807, 2.05) is 0 Å². The maximum atomic E-state index is 12.9. The van der Waals surface area contributed by atoms with Gasteiger partial charge in [0.05, 0.1) is 25.9 Å². The van der Waals surface area contributed by atoms with Gasteiger partial charge in [-0.2, -0.15) is 0 Å². The van der Waals surface area contributed by atoms with E-state index in [9.17, 15) is 45.0 Å². The number of carbonyl (C=O) groups excluding carboxylic acids is 2. The number of phenolic OH excluding ortho intramolecular Hbond substituents is 3. The van der Waals surface area contributed by atoms with Crippen LogP contribution >= 0.6 is 0 Å². The summed E-state index contributed by atoms with van der Waals surface area (Å²) in [5.41, 5.74) is -2.36. The highest BCUT2D eigenvalue weighted by Gasteiger charge is 2.52. The van der Waals surface area contributed by atoms with Crippen LogP contribution in [0.3, 0.4) is 0 Å². The number of aliphatic carboxylic acids is 1. The number of aliphatic hydroxyl groups excluding tert-OH is 1. The summed E-state index contributed by atoms with van der Waals surface area (Å²) in [6.45, 7) is 0. The van der Waals surface area contributed by atoms with Crippen molar-refractivity contribution in [2.45, 2.75) is 36.8 Å². The molecule has 13 heteroatoms. The predicted octanol–water partition coefficient (Wildman–Crippen LogP) is 0.942. The van der Waals surface area contributed by atoms with E-state index < -0.39 is 60.4 Å². The number of aromatic hydroxyl groups is 3. The summed E-state index contributed by atoms with van der Waals surface area (Å²) >= 11 is 0. The Morgan fingerprint density at radius 2 is 1.58 bits per heavy atom. The zero-order valence-electron chi connectivity index (χ0n) is 20.2. The molecule has 0 heterocycles. The van der Waals surface area contributed by atoms with Crippen LogP contribution in [0.2, 0.25) is 0 Å². The molecule has 1 fully saturated rings. The number of carboxylic acids is 1. The van der Waals surface area contributed by atoms with Crippen molar-refractivity contribution in [2.75, 3.05) is 14.2 Å². The average molecular weight is 534 g/mol. The van der Waals surface area contributed by atoms with Gasteiger partial charge in [-0.05, 0) is 35.9 Å². The summed E-state index contributed by atoms with van der Waals surface area (Å²) < 4.78 is 20.6. The fourth-order valence-corrected chi connectivity index (χ4v) is 3.88. The Kier molecular flexibility index (Phi) is 8.33. The molecule has 38 heavy (non-hydrogen) atoms. The fourth-order valence-electron chi connectivity index (χ4n) is 3.88. The van der Waals surface area contributed by atoms with Crippen molar-refractivity contribution in [1.82, 2.24) is 0 Å². The van der Waals surface area contributed by atoms with Gasteiger partial charge in [0.15, 0.2) is 34.7 Å². The smallest absolute Gasteiger partial charge is 0.338 e. The summed E-state index contributed by atoms with van der Waals surface area (Å²) in [6, 6.07) is 6.01. The Hall–Kier alpha value is -4.49. The molecule has 2 aromatic rings. The predicted molar refractivity (Wildman–Crippen MR) is 127 cm³/mol. The first kappa shape index (κ1) is 28.1. The highest BCUT2D eigenvalue weighted by Crippen LogP contribution is 2.38. The molecule has 204 valence electrons. The molecule has 0 spiro atoms. The first-order valence-corrected chi connectivity index (χ1v) is 11.1. The molecule has 3 rings (SSSR count). The highest BCUT2D eigenvalue weighted by atomic mass is 16.6. The summed E-state index contributed by atoms with van der Waals surface area (Å²) in [7, 11) is 2.47. The van der Waals surface area contributed by atoms with Crippen LogP contribution < -0.4 is 9.47 Å². The lowest BCUT2D eigenvalue weighted by molar-refractivity contribution is -0.197. The Bertz CT molecular complexity index is 1230. The number of methoxy groups -OCH3 is 2. The van der Waals surface area contributed by atoms with Gasteiger partial charge < -0.3 is 49.6 Å². The molecular weight excluding hydrogens is 508 g/mol. The van der Waals surface area contributed by atoms with Gasteiger partial charge in [0.1, 0.15) is 6.10 Å².